The second-order valence-electron chi connectivity index (χ2n) is 6.90. The highest BCUT2D eigenvalue weighted by Crippen LogP contribution is 2.28. The molecule has 0 bridgehead atoms. The summed E-state index contributed by atoms with van der Waals surface area (Å²) in [5.74, 6) is -1.31. The van der Waals surface area contributed by atoms with Crippen LogP contribution in [0.15, 0.2) is 12.2 Å². The summed E-state index contributed by atoms with van der Waals surface area (Å²) < 4.78 is 16.2. The fourth-order valence-electron chi connectivity index (χ4n) is 2.39. The Morgan fingerprint density at radius 3 is 2.64 bits per heavy atom. The van der Waals surface area contributed by atoms with Crippen molar-refractivity contribution in [2.24, 2.45) is 0 Å². The normalized spacial score (nSPS) is 29.0. The first-order chi connectivity index (χ1) is 10.0. The van der Waals surface area contributed by atoms with Gasteiger partial charge in [0, 0.05) is 6.08 Å². The summed E-state index contributed by atoms with van der Waals surface area (Å²) in [6.07, 6.45) is 0.229. The van der Waals surface area contributed by atoms with Crippen LogP contribution in [0.4, 0.5) is 4.79 Å². The molecule has 0 radical (unpaired) electrons. The zero-order valence-corrected chi connectivity index (χ0v) is 13.5. The number of hydrogen-bond donors (Lipinski definition) is 1. The van der Waals surface area contributed by atoms with E-state index in [1.807, 2.05) is 0 Å². The summed E-state index contributed by atoms with van der Waals surface area (Å²) >= 11 is 0. The van der Waals surface area contributed by atoms with Crippen LogP contribution in [-0.4, -0.2) is 58.3 Å². The van der Waals surface area contributed by atoms with Crippen LogP contribution < -0.4 is 0 Å². The Morgan fingerprint density at radius 1 is 1.50 bits per heavy atom. The SMILES string of the molecule is CC(C)(C)OC(=O)N1C(=O)C=C[C@H]1[C@@H](O)[C@@H]1COC(C)(C)O1. The first-order valence-electron chi connectivity index (χ1n) is 7.24. The summed E-state index contributed by atoms with van der Waals surface area (Å²) in [7, 11) is 0. The van der Waals surface area contributed by atoms with Gasteiger partial charge in [0.05, 0.1) is 12.6 Å². The van der Waals surface area contributed by atoms with Crippen LogP contribution in [0.1, 0.15) is 34.6 Å². The molecular weight excluding hydrogens is 290 g/mol. The summed E-state index contributed by atoms with van der Waals surface area (Å²) in [6.45, 7) is 8.79. The minimum absolute atomic E-state index is 0.189. The lowest BCUT2D eigenvalue weighted by Gasteiger charge is -2.31. The lowest BCUT2D eigenvalue weighted by atomic mass is 10.1. The van der Waals surface area contributed by atoms with E-state index in [9.17, 15) is 14.7 Å². The van der Waals surface area contributed by atoms with Crippen molar-refractivity contribution in [1.29, 1.82) is 0 Å². The van der Waals surface area contributed by atoms with Crippen molar-refractivity contribution in [1.82, 2.24) is 4.90 Å². The third kappa shape index (κ3) is 3.66. The maximum absolute atomic E-state index is 12.2. The zero-order chi connectivity index (χ0) is 16.7. The van der Waals surface area contributed by atoms with Crippen LogP contribution >= 0.6 is 0 Å². The predicted octanol–water partition coefficient (Wildman–Crippen LogP) is 1.20. The molecule has 1 saturated heterocycles. The molecule has 2 heterocycles. The Hall–Kier alpha value is -1.44. The highest BCUT2D eigenvalue weighted by Gasteiger charge is 2.45. The number of aliphatic hydroxyl groups excluding tert-OH is 1. The number of ether oxygens (including phenoxy) is 3. The van der Waals surface area contributed by atoms with Crippen LogP contribution in [0.2, 0.25) is 0 Å². The molecular formula is C15H23NO6. The molecule has 7 nitrogen and oxygen atoms in total. The number of hydrogen-bond acceptors (Lipinski definition) is 6. The van der Waals surface area contributed by atoms with Crippen molar-refractivity contribution >= 4 is 12.0 Å². The number of rotatable bonds is 2. The minimum atomic E-state index is -1.09. The molecule has 2 rings (SSSR count). The highest BCUT2D eigenvalue weighted by molar-refractivity contribution is 6.01. The molecule has 22 heavy (non-hydrogen) atoms. The smallest absolute Gasteiger partial charge is 0.417 e. The molecule has 3 atom stereocenters. The predicted molar refractivity (Wildman–Crippen MR) is 76.9 cm³/mol. The van der Waals surface area contributed by atoms with Gasteiger partial charge in [-0.1, -0.05) is 6.08 Å². The van der Waals surface area contributed by atoms with E-state index in [1.54, 1.807) is 34.6 Å². The van der Waals surface area contributed by atoms with Gasteiger partial charge in [0.25, 0.3) is 5.91 Å². The summed E-state index contributed by atoms with van der Waals surface area (Å²) in [4.78, 5) is 25.0. The van der Waals surface area contributed by atoms with Crippen LogP contribution in [-0.2, 0) is 19.0 Å². The maximum atomic E-state index is 12.2. The van der Waals surface area contributed by atoms with Crippen LogP contribution in [0, 0.1) is 0 Å². The van der Waals surface area contributed by atoms with Crippen molar-refractivity contribution in [2.45, 2.75) is 64.3 Å². The number of carbonyl (C=O) groups excluding carboxylic acids is 2. The molecule has 1 fully saturated rings. The van der Waals surface area contributed by atoms with E-state index in [1.165, 1.54) is 12.2 Å². The quantitative estimate of drug-likeness (QED) is 0.824. The molecule has 0 spiro atoms. The molecule has 124 valence electrons. The van der Waals surface area contributed by atoms with Gasteiger partial charge in [-0.3, -0.25) is 4.79 Å². The molecule has 2 amide bonds. The average molecular weight is 313 g/mol. The summed E-state index contributed by atoms with van der Waals surface area (Å²) in [5, 5.41) is 10.5. The van der Waals surface area contributed by atoms with Gasteiger partial charge < -0.3 is 19.3 Å². The van der Waals surface area contributed by atoms with Crippen molar-refractivity contribution in [2.75, 3.05) is 6.61 Å². The van der Waals surface area contributed by atoms with Crippen molar-refractivity contribution < 1.29 is 28.9 Å². The molecule has 0 aromatic rings. The highest BCUT2D eigenvalue weighted by atomic mass is 16.7. The second kappa shape index (κ2) is 5.64. The van der Waals surface area contributed by atoms with E-state index in [2.05, 4.69) is 0 Å². The van der Waals surface area contributed by atoms with E-state index in [-0.39, 0.29) is 6.61 Å². The third-order valence-corrected chi connectivity index (χ3v) is 3.32. The van der Waals surface area contributed by atoms with E-state index in [0.29, 0.717) is 0 Å². The lowest BCUT2D eigenvalue weighted by Crippen LogP contribution is -2.51. The number of carbonyl (C=O) groups is 2. The summed E-state index contributed by atoms with van der Waals surface area (Å²) in [5.41, 5.74) is -0.732. The molecule has 7 heteroatoms. The van der Waals surface area contributed by atoms with E-state index >= 15 is 0 Å². The number of aliphatic hydroxyl groups is 1. The molecule has 0 aromatic carbocycles. The number of nitrogens with zero attached hydrogens (tertiary/aromatic N) is 1. The summed E-state index contributed by atoms with van der Waals surface area (Å²) in [6, 6.07) is -0.829. The van der Waals surface area contributed by atoms with Gasteiger partial charge in [-0.2, -0.15) is 0 Å². The molecule has 0 saturated carbocycles. The van der Waals surface area contributed by atoms with E-state index in [0.717, 1.165) is 4.90 Å². The average Bonchev–Trinajstić information content (AvgIpc) is 2.89. The number of amides is 2. The second-order valence-corrected chi connectivity index (χ2v) is 6.90. The standard InChI is InChI=1S/C15H23NO6/c1-14(2,3)22-13(19)16-9(6-7-11(16)17)12(18)10-8-20-15(4,5)21-10/h6-7,9-10,12,18H,8H2,1-5H3/t9-,10-,12+/m0/s1. The van der Waals surface area contributed by atoms with Crippen molar-refractivity contribution in [3.8, 4) is 0 Å². The molecule has 1 N–H and O–H groups in total. The molecule has 0 aliphatic carbocycles. The Morgan fingerprint density at radius 2 is 2.14 bits per heavy atom. The van der Waals surface area contributed by atoms with Crippen molar-refractivity contribution in [3.05, 3.63) is 12.2 Å². The van der Waals surface area contributed by atoms with Gasteiger partial charge >= 0.3 is 6.09 Å². The Bertz CT molecular complexity index is 493. The first kappa shape index (κ1) is 16.9. The molecule has 2 aliphatic rings. The van der Waals surface area contributed by atoms with Gasteiger partial charge in [-0.25, -0.2) is 9.69 Å². The lowest BCUT2D eigenvalue weighted by molar-refractivity contribution is -0.155. The van der Waals surface area contributed by atoms with Gasteiger partial charge in [0.15, 0.2) is 5.79 Å². The van der Waals surface area contributed by atoms with Crippen LogP contribution in [0.5, 0.6) is 0 Å². The van der Waals surface area contributed by atoms with Crippen molar-refractivity contribution in [3.63, 3.8) is 0 Å². The van der Waals surface area contributed by atoms with Gasteiger partial charge in [0.1, 0.15) is 17.8 Å². The Kier molecular flexibility index (Phi) is 4.34. The largest absolute Gasteiger partial charge is 0.443 e. The van der Waals surface area contributed by atoms with Crippen LogP contribution in [0.25, 0.3) is 0 Å². The zero-order valence-electron chi connectivity index (χ0n) is 13.5. The van der Waals surface area contributed by atoms with Gasteiger partial charge in [-0.15, -0.1) is 0 Å². The monoisotopic (exact) mass is 313 g/mol. The minimum Gasteiger partial charge on any atom is -0.443 e. The first-order valence-corrected chi connectivity index (χ1v) is 7.24. The molecule has 2 aliphatic heterocycles. The topological polar surface area (TPSA) is 85.3 Å². The van der Waals surface area contributed by atoms with E-state index < -0.39 is 41.6 Å². The molecule has 0 unspecified atom stereocenters. The Labute approximate surface area is 129 Å². The fourth-order valence-corrected chi connectivity index (χ4v) is 2.39. The van der Waals surface area contributed by atoms with Gasteiger partial charge in [0.2, 0.25) is 0 Å². The maximum Gasteiger partial charge on any atom is 0.417 e. The fraction of sp³-hybridized carbons (Fsp3) is 0.733. The molecule has 0 aromatic heterocycles. The Balaban J connectivity index is 2.10. The van der Waals surface area contributed by atoms with Crippen LogP contribution in [0.3, 0.4) is 0 Å². The third-order valence-electron chi connectivity index (χ3n) is 3.32. The number of imide groups is 1. The van der Waals surface area contributed by atoms with Gasteiger partial charge in [-0.05, 0) is 34.6 Å². The van der Waals surface area contributed by atoms with E-state index in [4.69, 9.17) is 14.2 Å².